The van der Waals surface area contributed by atoms with Crippen molar-refractivity contribution in [3.05, 3.63) is 118 Å². The van der Waals surface area contributed by atoms with Gasteiger partial charge in [-0.05, 0) is 67.4 Å². The predicted octanol–water partition coefficient (Wildman–Crippen LogP) is 6.53. The number of Topliss-reactive ketones (excluding diaryl/α,β-unsaturated/α-hetero) is 1. The topological polar surface area (TPSA) is 115 Å². The number of methoxy groups -OCH3 is 1. The first-order valence-electron chi connectivity index (χ1n) is 13.3. The number of carbonyl (C=O) groups excluding carboxylic acids is 3. The van der Waals surface area contributed by atoms with Gasteiger partial charge in [0.1, 0.15) is 34.5 Å². The summed E-state index contributed by atoms with van der Waals surface area (Å²) < 4.78 is 16.5. The molecule has 1 aromatic heterocycles. The largest absolute Gasteiger partial charge is 0.507 e. The Morgan fingerprint density at radius 1 is 1.05 bits per heavy atom. The fourth-order valence-electron chi connectivity index (χ4n) is 4.77. The summed E-state index contributed by atoms with van der Waals surface area (Å²) in [7, 11) is 1.54. The van der Waals surface area contributed by atoms with Gasteiger partial charge in [0.15, 0.2) is 5.13 Å². The maximum Gasteiger partial charge on any atom is 0.350 e. The van der Waals surface area contributed by atoms with Crippen molar-refractivity contribution in [2.45, 2.75) is 19.9 Å². The molecule has 4 aromatic rings. The molecule has 0 bridgehead atoms. The zero-order valence-corrected chi connectivity index (χ0v) is 24.5. The fourth-order valence-corrected chi connectivity index (χ4v) is 5.76. The number of amides is 1. The molecule has 1 aliphatic rings. The van der Waals surface area contributed by atoms with E-state index in [9.17, 15) is 19.5 Å². The van der Waals surface area contributed by atoms with Gasteiger partial charge in [0.25, 0.3) is 5.78 Å². The molecule has 0 spiro atoms. The van der Waals surface area contributed by atoms with E-state index in [0.717, 1.165) is 16.9 Å². The van der Waals surface area contributed by atoms with Crippen molar-refractivity contribution >= 4 is 39.9 Å². The zero-order chi connectivity index (χ0) is 30.7. The lowest BCUT2D eigenvalue weighted by atomic mass is 9.94. The number of aryl methyl sites for hydroxylation is 2. The number of aliphatic hydroxyl groups excluding tert-OH is 1. The lowest BCUT2D eigenvalue weighted by Gasteiger charge is -2.23. The van der Waals surface area contributed by atoms with Gasteiger partial charge in [-0.15, -0.1) is 0 Å². The molecule has 43 heavy (non-hydrogen) atoms. The molecule has 9 nitrogen and oxygen atoms in total. The van der Waals surface area contributed by atoms with Crippen LogP contribution in [0.1, 0.15) is 38.1 Å². The first-order chi connectivity index (χ1) is 20.7. The van der Waals surface area contributed by atoms with Gasteiger partial charge in [0.2, 0.25) is 0 Å². The number of thiazole rings is 1. The van der Waals surface area contributed by atoms with Crippen LogP contribution in [0.3, 0.4) is 0 Å². The second-order valence-electron chi connectivity index (χ2n) is 9.64. The Kier molecular flexibility index (Phi) is 8.40. The van der Waals surface area contributed by atoms with Crippen molar-refractivity contribution in [2.75, 3.05) is 18.6 Å². The number of esters is 1. The molecule has 218 valence electrons. The maximum atomic E-state index is 13.7. The Morgan fingerprint density at radius 3 is 2.49 bits per heavy atom. The molecule has 1 aliphatic heterocycles. The molecule has 1 unspecified atom stereocenters. The molecule has 5 rings (SSSR count). The molecule has 10 heteroatoms. The number of ether oxygens (including phenoxy) is 3. The summed E-state index contributed by atoms with van der Waals surface area (Å²) in [4.78, 5) is 45.8. The number of para-hydroxylation sites is 1. The van der Waals surface area contributed by atoms with E-state index in [1.54, 1.807) is 68.4 Å². The number of nitrogens with zero attached hydrogens (tertiary/aromatic N) is 2. The molecule has 1 atom stereocenters. The molecule has 2 heterocycles. The lowest BCUT2D eigenvalue weighted by Crippen LogP contribution is -2.29. The van der Waals surface area contributed by atoms with Crippen LogP contribution in [0.2, 0.25) is 0 Å². The summed E-state index contributed by atoms with van der Waals surface area (Å²) in [5.74, 6) is -1.11. The highest BCUT2D eigenvalue weighted by Crippen LogP contribution is 2.45. The van der Waals surface area contributed by atoms with E-state index < -0.39 is 23.7 Å². The van der Waals surface area contributed by atoms with Gasteiger partial charge in [0, 0.05) is 5.56 Å². The number of hydrogen-bond donors (Lipinski definition) is 1. The maximum absolute atomic E-state index is 13.7. The number of aromatic nitrogens is 1. The quantitative estimate of drug-likeness (QED) is 0.0763. The van der Waals surface area contributed by atoms with Crippen molar-refractivity contribution in [1.29, 1.82) is 0 Å². The number of benzene rings is 3. The van der Waals surface area contributed by atoms with Crippen LogP contribution in [-0.4, -0.2) is 41.5 Å². The third kappa shape index (κ3) is 5.77. The van der Waals surface area contributed by atoms with Crippen LogP contribution in [0, 0.1) is 13.8 Å². The van der Waals surface area contributed by atoms with Crippen molar-refractivity contribution in [2.24, 2.45) is 0 Å². The molecule has 0 saturated carbocycles. The average Bonchev–Trinajstić information content (AvgIpc) is 3.52. The Morgan fingerprint density at radius 2 is 1.79 bits per heavy atom. The van der Waals surface area contributed by atoms with Crippen molar-refractivity contribution in [1.82, 2.24) is 4.98 Å². The standard InChI is InChI=1S/C33H28N2O7S/c1-5-16-41-32(39)30-20(3)34-33(43-30)35-27(21-10-9-13-24(18-21)42-23-11-7-6-8-12-23)26(29(37)31(35)38)28(36)22-14-15-25(40-4)19(2)17-22/h5-15,17-18,27,36H,1,16H2,2-4H3. The van der Waals surface area contributed by atoms with Gasteiger partial charge in [-0.1, -0.05) is 54.3 Å². The van der Waals surface area contributed by atoms with Crippen LogP contribution in [0.4, 0.5) is 5.13 Å². The Balaban J connectivity index is 1.66. The summed E-state index contributed by atoms with van der Waals surface area (Å²) in [6.45, 7) is 6.98. The van der Waals surface area contributed by atoms with E-state index in [0.29, 0.717) is 34.1 Å². The number of hydrogen-bond acceptors (Lipinski definition) is 9. The van der Waals surface area contributed by atoms with Crippen LogP contribution in [0.5, 0.6) is 17.2 Å². The Hall–Kier alpha value is -5.22. The molecule has 3 aromatic carbocycles. The third-order valence-corrected chi connectivity index (χ3v) is 7.91. The van der Waals surface area contributed by atoms with E-state index in [4.69, 9.17) is 14.2 Å². The second kappa shape index (κ2) is 12.3. The van der Waals surface area contributed by atoms with Crippen LogP contribution < -0.4 is 14.4 Å². The van der Waals surface area contributed by atoms with Crippen LogP contribution >= 0.6 is 11.3 Å². The lowest BCUT2D eigenvalue weighted by molar-refractivity contribution is -0.132. The van der Waals surface area contributed by atoms with E-state index in [2.05, 4.69) is 11.6 Å². The molecular formula is C33H28N2O7S. The van der Waals surface area contributed by atoms with Crippen LogP contribution in [0.15, 0.2) is 91.0 Å². The molecule has 1 fully saturated rings. The Labute approximate surface area is 252 Å². The molecule has 0 radical (unpaired) electrons. The fraction of sp³-hybridized carbons (Fsp3) is 0.152. The van der Waals surface area contributed by atoms with Crippen molar-refractivity contribution in [3.8, 4) is 17.2 Å². The van der Waals surface area contributed by atoms with Crippen molar-refractivity contribution < 1.29 is 33.7 Å². The predicted molar refractivity (Wildman–Crippen MR) is 163 cm³/mol. The van der Waals surface area contributed by atoms with Gasteiger partial charge in [-0.25, -0.2) is 9.78 Å². The number of anilines is 1. The number of rotatable bonds is 9. The summed E-state index contributed by atoms with van der Waals surface area (Å²) in [6.07, 6.45) is 1.44. The molecule has 1 amide bonds. The van der Waals surface area contributed by atoms with Gasteiger partial charge in [-0.3, -0.25) is 14.5 Å². The monoisotopic (exact) mass is 596 g/mol. The minimum atomic E-state index is -1.08. The molecule has 0 aliphatic carbocycles. The van der Waals surface area contributed by atoms with Crippen LogP contribution in [0.25, 0.3) is 5.76 Å². The first kappa shape index (κ1) is 29.3. The zero-order valence-electron chi connectivity index (χ0n) is 23.7. The van der Waals surface area contributed by atoms with Gasteiger partial charge >= 0.3 is 11.9 Å². The molecular weight excluding hydrogens is 568 g/mol. The number of aliphatic hydroxyl groups is 1. The minimum absolute atomic E-state index is 0.00546. The van der Waals surface area contributed by atoms with E-state index in [1.165, 1.54) is 18.1 Å². The first-order valence-corrected chi connectivity index (χ1v) is 14.1. The highest BCUT2D eigenvalue weighted by molar-refractivity contribution is 7.17. The smallest absolute Gasteiger partial charge is 0.350 e. The SMILES string of the molecule is C=CCOC(=O)c1sc(N2C(=O)C(=O)C(=C(O)c3ccc(OC)c(C)c3)C2c2cccc(Oc3ccccc3)c2)nc1C. The average molecular weight is 597 g/mol. The summed E-state index contributed by atoms with van der Waals surface area (Å²) in [6, 6.07) is 19.9. The number of carbonyl (C=O) groups is 3. The highest BCUT2D eigenvalue weighted by atomic mass is 32.1. The van der Waals surface area contributed by atoms with E-state index in [-0.39, 0.29) is 27.9 Å². The number of ketones is 1. The molecule has 1 N–H and O–H groups in total. The van der Waals surface area contributed by atoms with Gasteiger partial charge in [-0.2, -0.15) is 0 Å². The van der Waals surface area contributed by atoms with E-state index in [1.807, 2.05) is 18.2 Å². The molecule has 1 saturated heterocycles. The van der Waals surface area contributed by atoms with E-state index >= 15 is 0 Å². The Bertz CT molecular complexity index is 1760. The van der Waals surface area contributed by atoms with Crippen molar-refractivity contribution in [3.63, 3.8) is 0 Å². The summed E-state index contributed by atoms with van der Waals surface area (Å²) in [5, 5.41) is 11.7. The van der Waals surface area contributed by atoms with Gasteiger partial charge < -0.3 is 19.3 Å². The second-order valence-corrected chi connectivity index (χ2v) is 10.6. The normalized spacial score (nSPS) is 15.8. The summed E-state index contributed by atoms with van der Waals surface area (Å²) in [5.41, 5.74) is 1.76. The third-order valence-electron chi connectivity index (χ3n) is 6.77. The highest BCUT2D eigenvalue weighted by Gasteiger charge is 2.48. The van der Waals surface area contributed by atoms with Crippen LogP contribution in [-0.2, 0) is 14.3 Å². The minimum Gasteiger partial charge on any atom is -0.507 e. The van der Waals surface area contributed by atoms with Gasteiger partial charge in [0.05, 0.1) is 24.4 Å². The summed E-state index contributed by atoms with van der Waals surface area (Å²) >= 11 is 0.924.